The Kier molecular flexibility index (Phi) is 5.88. The van der Waals surface area contributed by atoms with Crippen molar-refractivity contribution in [1.29, 1.82) is 0 Å². The highest BCUT2D eigenvalue weighted by Gasteiger charge is 2.10. The van der Waals surface area contributed by atoms with E-state index in [4.69, 9.17) is 11.6 Å². The first kappa shape index (κ1) is 14.4. The minimum atomic E-state index is -0.0831. The molecule has 1 amide bonds. The maximum atomic E-state index is 11.7. The summed E-state index contributed by atoms with van der Waals surface area (Å²) in [6, 6.07) is 1.87. The van der Waals surface area contributed by atoms with Gasteiger partial charge >= 0.3 is 0 Å². The molecule has 4 nitrogen and oxygen atoms in total. The topological polar surface area (TPSA) is 54.0 Å². The van der Waals surface area contributed by atoms with Crippen LogP contribution in [-0.4, -0.2) is 23.5 Å². The Balaban J connectivity index is 2.58. The van der Waals surface area contributed by atoms with E-state index in [1.807, 2.05) is 13.8 Å². The summed E-state index contributed by atoms with van der Waals surface area (Å²) in [5.74, 6) is -0.0831. The van der Waals surface area contributed by atoms with E-state index in [1.165, 1.54) is 0 Å². The van der Waals surface area contributed by atoms with Crippen LogP contribution in [0.5, 0.6) is 0 Å². The Hall–Kier alpha value is -0.650. The summed E-state index contributed by atoms with van der Waals surface area (Å²) in [5, 5.41) is 6.20. The van der Waals surface area contributed by atoms with E-state index < -0.39 is 0 Å². The van der Waals surface area contributed by atoms with Crippen molar-refractivity contribution in [1.82, 2.24) is 10.3 Å². The largest absolute Gasteiger partial charge is 0.323 e. The first-order chi connectivity index (χ1) is 8.02. The van der Waals surface area contributed by atoms with Crippen molar-refractivity contribution in [2.24, 2.45) is 0 Å². The molecule has 0 spiro atoms. The molecule has 1 heterocycles. The number of aromatic nitrogens is 1. The van der Waals surface area contributed by atoms with E-state index in [2.05, 4.69) is 31.5 Å². The average Bonchev–Trinajstić information content (AvgIpc) is 2.23. The Morgan fingerprint density at radius 3 is 3.00 bits per heavy atom. The summed E-state index contributed by atoms with van der Waals surface area (Å²) in [6.45, 7) is 4.81. The van der Waals surface area contributed by atoms with Gasteiger partial charge in [-0.3, -0.25) is 4.79 Å². The van der Waals surface area contributed by atoms with E-state index in [0.29, 0.717) is 12.1 Å². The second kappa shape index (κ2) is 6.93. The minimum Gasteiger partial charge on any atom is -0.323 e. The van der Waals surface area contributed by atoms with Crippen molar-refractivity contribution in [2.75, 3.05) is 11.9 Å². The van der Waals surface area contributed by atoms with Crippen molar-refractivity contribution in [3.63, 3.8) is 0 Å². The second-order valence-electron chi connectivity index (χ2n) is 3.70. The number of nitrogens with zero attached hydrogens (tertiary/aromatic N) is 1. The van der Waals surface area contributed by atoms with Gasteiger partial charge in [0.15, 0.2) is 5.15 Å². The number of carbonyl (C=O) groups excluding carboxylic acids is 1. The molecular weight excluding hydrogens is 305 g/mol. The molecular formula is C11H15BrClN3O. The van der Waals surface area contributed by atoms with Crippen LogP contribution in [0.3, 0.4) is 0 Å². The van der Waals surface area contributed by atoms with Gasteiger partial charge in [-0.25, -0.2) is 4.98 Å². The highest BCUT2D eigenvalue weighted by Crippen LogP contribution is 2.23. The fourth-order valence-corrected chi connectivity index (χ4v) is 1.89. The Morgan fingerprint density at radius 1 is 1.65 bits per heavy atom. The molecule has 0 saturated carbocycles. The number of halogens is 2. The van der Waals surface area contributed by atoms with Crippen LogP contribution in [0, 0.1) is 0 Å². The lowest BCUT2D eigenvalue weighted by Crippen LogP contribution is -2.30. The van der Waals surface area contributed by atoms with Crippen LogP contribution in [0.25, 0.3) is 0 Å². The number of rotatable bonds is 5. The maximum absolute atomic E-state index is 11.7. The van der Waals surface area contributed by atoms with Gasteiger partial charge in [-0.1, -0.05) is 18.5 Å². The number of carbonyl (C=O) groups is 1. The molecule has 0 aromatic carbocycles. The van der Waals surface area contributed by atoms with Gasteiger partial charge in [0.2, 0.25) is 5.91 Å². The fraction of sp³-hybridized carbons (Fsp3) is 0.455. The predicted molar refractivity (Wildman–Crippen MR) is 73.3 cm³/mol. The molecule has 17 heavy (non-hydrogen) atoms. The van der Waals surface area contributed by atoms with E-state index in [0.717, 1.165) is 11.0 Å². The zero-order chi connectivity index (χ0) is 12.8. The molecule has 0 aliphatic rings. The number of hydrogen-bond donors (Lipinski definition) is 2. The van der Waals surface area contributed by atoms with Crippen molar-refractivity contribution >= 4 is 39.1 Å². The van der Waals surface area contributed by atoms with E-state index >= 15 is 0 Å². The highest BCUT2D eigenvalue weighted by molar-refractivity contribution is 9.10. The molecule has 1 unspecified atom stereocenters. The van der Waals surface area contributed by atoms with Crippen LogP contribution in [0.4, 0.5) is 5.69 Å². The van der Waals surface area contributed by atoms with Crippen molar-refractivity contribution in [3.05, 3.63) is 21.9 Å². The van der Waals surface area contributed by atoms with Crippen LogP contribution in [0.15, 0.2) is 16.7 Å². The highest BCUT2D eigenvalue weighted by atomic mass is 79.9. The van der Waals surface area contributed by atoms with Gasteiger partial charge in [0, 0.05) is 23.1 Å². The number of nitrogens with one attached hydrogen (secondary N) is 2. The van der Waals surface area contributed by atoms with E-state index in [-0.39, 0.29) is 17.1 Å². The third kappa shape index (κ3) is 5.02. The molecule has 0 radical (unpaired) electrons. The monoisotopic (exact) mass is 319 g/mol. The number of anilines is 1. The molecule has 0 bridgehead atoms. The molecule has 94 valence electrons. The molecule has 0 aliphatic carbocycles. The lowest BCUT2D eigenvalue weighted by atomic mass is 10.2. The number of amides is 1. The Bertz CT molecular complexity index is 400. The van der Waals surface area contributed by atoms with Crippen LogP contribution in [0.1, 0.15) is 20.3 Å². The molecule has 0 aliphatic heterocycles. The van der Waals surface area contributed by atoms with Crippen molar-refractivity contribution in [3.8, 4) is 0 Å². The lowest BCUT2D eigenvalue weighted by molar-refractivity contribution is -0.116. The van der Waals surface area contributed by atoms with Crippen LogP contribution in [-0.2, 0) is 4.79 Å². The molecule has 0 fully saturated rings. The van der Waals surface area contributed by atoms with Gasteiger partial charge in [0.05, 0.1) is 5.69 Å². The number of pyridine rings is 1. The van der Waals surface area contributed by atoms with Crippen LogP contribution >= 0.6 is 27.5 Å². The molecule has 1 aromatic rings. The number of hydrogen-bond acceptors (Lipinski definition) is 3. The van der Waals surface area contributed by atoms with Gasteiger partial charge in [-0.15, -0.1) is 0 Å². The quantitative estimate of drug-likeness (QED) is 0.820. The Morgan fingerprint density at radius 2 is 2.35 bits per heavy atom. The third-order valence-corrected chi connectivity index (χ3v) is 2.86. The van der Waals surface area contributed by atoms with Gasteiger partial charge in [-0.2, -0.15) is 0 Å². The van der Waals surface area contributed by atoms with Crippen molar-refractivity contribution in [2.45, 2.75) is 26.3 Å². The molecule has 2 N–H and O–H groups in total. The second-order valence-corrected chi connectivity index (χ2v) is 4.98. The third-order valence-electron chi connectivity index (χ3n) is 2.12. The van der Waals surface area contributed by atoms with Gasteiger partial charge in [-0.05, 0) is 35.5 Å². The minimum absolute atomic E-state index is 0.0831. The molecule has 1 rings (SSSR count). The maximum Gasteiger partial charge on any atom is 0.226 e. The predicted octanol–water partition coefficient (Wildman–Crippen LogP) is 2.82. The van der Waals surface area contributed by atoms with Gasteiger partial charge in [0.1, 0.15) is 0 Å². The van der Waals surface area contributed by atoms with Crippen LogP contribution in [0.2, 0.25) is 5.15 Å². The SMILES string of the molecule is CCNC(C)CC(=O)Nc1cc(Br)cnc1Cl. The van der Waals surface area contributed by atoms with E-state index in [9.17, 15) is 4.79 Å². The zero-order valence-electron chi connectivity index (χ0n) is 9.76. The molecule has 1 aromatic heterocycles. The standard InChI is InChI=1S/C11H15BrClN3O/c1-3-14-7(2)4-10(17)16-9-5-8(12)6-15-11(9)13/h5-7,14H,3-4H2,1-2H3,(H,16,17). The van der Waals surface area contributed by atoms with Crippen molar-refractivity contribution < 1.29 is 4.79 Å². The summed E-state index contributed by atoms with van der Waals surface area (Å²) in [4.78, 5) is 15.6. The summed E-state index contributed by atoms with van der Waals surface area (Å²) < 4.78 is 0.775. The molecule has 6 heteroatoms. The zero-order valence-corrected chi connectivity index (χ0v) is 12.1. The van der Waals surface area contributed by atoms with Gasteiger partial charge in [0.25, 0.3) is 0 Å². The first-order valence-corrected chi connectivity index (χ1v) is 6.54. The van der Waals surface area contributed by atoms with Gasteiger partial charge < -0.3 is 10.6 Å². The van der Waals surface area contributed by atoms with E-state index in [1.54, 1.807) is 12.3 Å². The smallest absolute Gasteiger partial charge is 0.226 e. The molecule has 0 saturated heterocycles. The summed E-state index contributed by atoms with van der Waals surface area (Å²) >= 11 is 9.15. The average molecular weight is 321 g/mol. The normalized spacial score (nSPS) is 12.2. The lowest BCUT2D eigenvalue weighted by Gasteiger charge is -2.12. The fourth-order valence-electron chi connectivity index (χ4n) is 1.41. The van der Waals surface area contributed by atoms with Crippen LogP contribution < -0.4 is 10.6 Å². The molecule has 1 atom stereocenters. The first-order valence-electron chi connectivity index (χ1n) is 5.37. The summed E-state index contributed by atoms with van der Waals surface area (Å²) in [7, 11) is 0. The Labute approximate surface area is 114 Å². The summed E-state index contributed by atoms with van der Waals surface area (Å²) in [6.07, 6.45) is 1.98. The summed E-state index contributed by atoms with van der Waals surface area (Å²) in [5.41, 5.74) is 0.523.